The number of amides is 3. The van der Waals surface area contributed by atoms with Gasteiger partial charge >= 0.3 is 12.0 Å². The molecule has 2 aromatic rings. The molecule has 0 spiro atoms. The molecule has 1 heterocycles. The van der Waals surface area contributed by atoms with Crippen LogP contribution < -0.4 is 10.1 Å². The molecule has 0 aliphatic carbocycles. The Morgan fingerprint density at radius 2 is 1.69 bits per heavy atom. The van der Waals surface area contributed by atoms with Crippen molar-refractivity contribution in [2.45, 2.75) is 59.4 Å². The summed E-state index contributed by atoms with van der Waals surface area (Å²) in [5.41, 5.74) is -0.0711. The van der Waals surface area contributed by atoms with E-state index in [1.54, 1.807) is 52.0 Å². The van der Waals surface area contributed by atoms with Gasteiger partial charge in [-0.25, -0.2) is 14.5 Å². The van der Waals surface area contributed by atoms with Gasteiger partial charge in [-0.2, -0.15) is 0 Å². The van der Waals surface area contributed by atoms with E-state index >= 15 is 0 Å². The molecule has 0 aromatic heterocycles. The Kier molecular flexibility index (Phi) is 6.57. The minimum atomic E-state index is -0.812. The van der Waals surface area contributed by atoms with Crippen LogP contribution in [0.1, 0.15) is 57.0 Å². The van der Waals surface area contributed by atoms with Crippen molar-refractivity contribution in [3.8, 4) is 5.75 Å². The molecule has 2 aromatic carbocycles. The fraction of sp³-hybridized carbons (Fsp3) is 0.400. The number of nitrogens with one attached hydrogen (secondary N) is 1. The lowest BCUT2D eigenvalue weighted by Crippen LogP contribution is -2.72. The van der Waals surface area contributed by atoms with E-state index in [1.807, 2.05) is 37.3 Å². The lowest BCUT2D eigenvalue weighted by molar-refractivity contribution is -0.186. The zero-order chi connectivity index (χ0) is 23.5. The molecule has 3 rings (SSSR count). The number of rotatable bonds is 6. The van der Waals surface area contributed by atoms with Crippen LogP contribution in [0.5, 0.6) is 5.75 Å². The molecule has 1 fully saturated rings. The van der Waals surface area contributed by atoms with Crippen LogP contribution in [-0.4, -0.2) is 34.6 Å². The number of hydrogen-bond acceptors (Lipinski definition) is 5. The van der Waals surface area contributed by atoms with Gasteiger partial charge in [-0.05, 0) is 63.9 Å². The highest BCUT2D eigenvalue weighted by molar-refractivity contribution is 6.03. The van der Waals surface area contributed by atoms with Crippen LogP contribution in [0.4, 0.5) is 4.79 Å². The second-order valence-corrected chi connectivity index (χ2v) is 9.09. The van der Waals surface area contributed by atoms with Crippen LogP contribution in [-0.2, 0) is 16.1 Å². The third kappa shape index (κ3) is 4.93. The van der Waals surface area contributed by atoms with Crippen LogP contribution in [0.3, 0.4) is 0 Å². The second kappa shape index (κ2) is 9.02. The minimum absolute atomic E-state index is 0.277. The first-order chi connectivity index (χ1) is 15.0. The summed E-state index contributed by atoms with van der Waals surface area (Å²) in [5, 5.41) is 2.78. The molecule has 0 saturated carbocycles. The van der Waals surface area contributed by atoms with Crippen LogP contribution in [0.25, 0.3) is 0 Å². The highest BCUT2D eigenvalue weighted by atomic mass is 16.6. The topological polar surface area (TPSA) is 84.9 Å². The van der Waals surface area contributed by atoms with Crippen molar-refractivity contribution >= 4 is 17.9 Å². The number of β-lactam (4-membered cyclic amide) rings is 1. The molecule has 0 bridgehead atoms. The van der Waals surface area contributed by atoms with Crippen LogP contribution in [0.15, 0.2) is 54.6 Å². The van der Waals surface area contributed by atoms with E-state index in [1.165, 1.54) is 0 Å². The molecular formula is C25H30N2O5. The summed E-state index contributed by atoms with van der Waals surface area (Å²) < 4.78 is 11.4. The van der Waals surface area contributed by atoms with E-state index in [0.717, 1.165) is 10.5 Å². The molecule has 0 unspecified atom stereocenters. The van der Waals surface area contributed by atoms with Gasteiger partial charge in [-0.1, -0.05) is 37.3 Å². The molecule has 7 nitrogen and oxygen atoms in total. The van der Waals surface area contributed by atoms with E-state index in [0.29, 0.717) is 24.3 Å². The number of ether oxygens (including phenoxy) is 2. The van der Waals surface area contributed by atoms with E-state index in [9.17, 15) is 14.4 Å². The zero-order valence-corrected chi connectivity index (χ0v) is 19.2. The van der Waals surface area contributed by atoms with Crippen molar-refractivity contribution < 1.29 is 23.9 Å². The minimum Gasteiger partial charge on any atom is -0.469 e. The van der Waals surface area contributed by atoms with Crippen molar-refractivity contribution in [1.82, 2.24) is 10.2 Å². The third-order valence-electron chi connectivity index (χ3n) is 5.46. The van der Waals surface area contributed by atoms with E-state index in [4.69, 9.17) is 9.47 Å². The van der Waals surface area contributed by atoms with Gasteiger partial charge in [0.25, 0.3) is 0 Å². The first-order valence-corrected chi connectivity index (χ1v) is 10.7. The smallest absolute Gasteiger partial charge is 0.338 e. The maximum atomic E-state index is 12.8. The number of hydrogen-bond donors (Lipinski definition) is 1. The molecule has 7 heteroatoms. The number of nitrogens with zero attached hydrogens (tertiary/aromatic N) is 1. The maximum Gasteiger partial charge on any atom is 0.338 e. The first kappa shape index (κ1) is 23.3. The van der Waals surface area contributed by atoms with Crippen LogP contribution in [0.2, 0.25) is 0 Å². The Bertz CT molecular complexity index is 982. The molecule has 1 saturated heterocycles. The molecule has 1 aliphatic rings. The Hall–Kier alpha value is -3.35. The maximum absolute atomic E-state index is 12.8. The number of esters is 1. The summed E-state index contributed by atoms with van der Waals surface area (Å²) >= 11 is 0. The number of carbonyl (C=O) groups is 3. The number of urea groups is 1. The molecular weight excluding hydrogens is 408 g/mol. The SMILES string of the molecule is CC[C@]1(C)C(=O)N(C(=O)NCc2ccccc2)[C@H]1Oc1ccc(C(=O)OC(C)(C)C)cc1. The van der Waals surface area contributed by atoms with E-state index in [-0.39, 0.29) is 5.91 Å². The number of carbonyl (C=O) groups excluding carboxylic acids is 3. The normalized spacial score (nSPS) is 20.3. The number of likely N-dealkylation sites (tertiary alicyclic amines) is 1. The largest absolute Gasteiger partial charge is 0.469 e. The van der Waals surface area contributed by atoms with E-state index < -0.39 is 29.2 Å². The highest BCUT2D eigenvalue weighted by Gasteiger charge is 2.61. The van der Waals surface area contributed by atoms with Gasteiger partial charge in [-0.3, -0.25) is 4.79 Å². The van der Waals surface area contributed by atoms with Gasteiger partial charge in [0.1, 0.15) is 16.8 Å². The Morgan fingerprint density at radius 1 is 1.06 bits per heavy atom. The van der Waals surface area contributed by atoms with Crippen molar-refractivity contribution in [2.24, 2.45) is 5.41 Å². The monoisotopic (exact) mass is 438 g/mol. The second-order valence-electron chi connectivity index (χ2n) is 9.09. The van der Waals surface area contributed by atoms with Crippen molar-refractivity contribution in [3.05, 3.63) is 65.7 Å². The lowest BCUT2D eigenvalue weighted by Gasteiger charge is -2.51. The summed E-state index contributed by atoms with van der Waals surface area (Å²) in [4.78, 5) is 38.8. The van der Waals surface area contributed by atoms with Gasteiger partial charge < -0.3 is 14.8 Å². The Balaban J connectivity index is 1.70. The van der Waals surface area contributed by atoms with Crippen LogP contribution in [0, 0.1) is 5.41 Å². The molecule has 170 valence electrons. The summed E-state index contributed by atoms with van der Waals surface area (Å²) in [5.74, 6) is -0.250. The average molecular weight is 439 g/mol. The number of benzene rings is 2. The van der Waals surface area contributed by atoms with Crippen LogP contribution >= 0.6 is 0 Å². The molecule has 0 radical (unpaired) electrons. The predicted molar refractivity (Wildman–Crippen MR) is 120 cm³/mol. The molecule has 1 N–H and O–H groups in total. The molecule has 1 aliphatic heterocycles. The highest BCUT2D eigenvalue weighted by Crippen LogP contribution is 2.43. The average Bonchev–Trinajstić information content (AvgIpc) is 2.76. The van der Waals surface area contributed by atoms with Crippen molar-refractivity contribution in [2.75, 3.05) is 0 Å². The van der Waals surface area contributed by atoms with Crippen molar-refractivity contribution in [1.29, 1.82) is 0 Å². The van der Waals surface area contributed by atoms with Gasteiger partial charge in [0.2, 0.25) is 5.91 Å². The number of imide groups is 1. The van der Waals surface area contributed by atoms with Gasteiger partial charge in [-0.15, -0.1) is 0 Å². The quantitative estimate of drug-likeness (QED) is 0.530. The third-order valence-corrected chi connectivity index (χ3v) is 5.46. The summed E-state index contributed by atoms with van der Waals surface area (Å²) in [7, 11) is 0. The van der Waals surface area contributed by atoms with E-state index in [2.05, 4.69) is 5.32 Å². The summed E-state index contributed by atoms with van der Waals surface area (Å²) in [6, 6.07) is 15.4. The standard InChI is InChI=1S/C25H30N2O5/c1-6-25(5)21(29)27(23(30)26-16-17-10-8-7-9-11-17)22(25)31-19-14-12-18(13-15-19)20(28)32-24(2,3)4/h7-15,22H,6,16H2,1-5H3,(H,26,30)/t22-,25+/m0/s1. The fourth-order valence-electron chi connectivity index (χ4n) is 3.41. The fourth-order valence-corrected chi connectivity index (χ4v) is 3.41. The Morgan fingerprint density at radius 3 is 2.25 bits per heavy atom. The predicted octanol–water partition coefficient (Wildman–Crippen LogP) is 4.52. The lowest BCUT2D eigenvalue weighted by atomic mass is 9.76. The van der Waals surface area contributed by atoms with Gasteiger partial charge in [0, 0.05) is 6.54 Å². The molecule has 32 heavy (non-hydrogen) atoms. The molecule has 2 atom stereocenters. The summed E-state index contributed by atoms with van der Waals surface area (Å²) in [6.45, 7) is 9.40. The molecule has 3 amide bonds. The zero-order valence-electron chi connectivity index (χ0n) is 19.2. The first-order valence-electron chi connectivity index (χ1n) is 10.7. The van der Waals surface area contributed by atoms with Gasteiger partial charge in [0.15, 0.2) is 6.23 Å². The van der Waals surface area contributed by atoms with Crippen molar-refractivity contribution in [3.63, 3.8) is 0 Å². The Labute approximate surface area is 188 Å². The summed E-state index contributed by atoms with van der Waals surface area (Å²) in [6.07, 6.45) is -0.224. The van der Waals surface area contributed by atoms with Gasteiger partial charge in [0.05, 0.1) is 5.56 Å².